The number of para-hydroxylation sites is 1. The van der Waals surface area contributed by atoms with Crippen molar-refractivity contribution in [2.45, 2.75) is 13.0 Å². The Morgan fingerprint density at radius 2 is 1.88 bits per heavy atom. The van der Waals surface area contributed by atoms with Crippen molar-refractivity contribution < 1.29 is 19.1 Å². The number of hydrogen-bond donors (Lipinski definition) is 2. The number of carbonyl (C=O) groups excluding carboxylic acids is 2. The van der Waals surface area contributed by atoms with Gasteiger partial charge in [0.25, 0.3) is 11.8 Å². The van der Waals surface area contributed by atoms with E-state index in [2.05, 4.69) is 5.32 Å². The summed E-state index contributed by atoms with van der Waals surface area (Å²) in [6, 6.07) is 11.3. The summed E-state index contributed by atoms with van der Waals surface area (Å²) in [5.74, 6) is -0.340. The number of benzene rings is 2. The molecule has 2 rings (SSSR count). The van der Waals surface area contributed by atoms with Gasteiger partial charge in [-0.05, 0) is 37.3 Å². The fraction of sp³-hybridized carbons (Fsp3) is 0.176. The van der Waals surface area contributed by atoms with Crippen LogP contribution in [0.4, 0.5) is 5.69 Å². The third-order valence-electron chi connectivity index (χ3n) is 3.24. The molecule has 0 aliphatic heterocycles. The van der Waals surface area contributed by atoms with Gasteiger partial charge in [-0.1, -0.05) is 23.7 Å². The Morgan fingerprint density at radius 1 is 1.17 bits per heavy atom. The van der Waals surface area contributed by atoms with Crippen LogP contribution in [0.1, 0.15) is 17.3 Å². The normalized spacial score (nSPS) is 11.5. The highest BCUT2D eigenvalue weighted by molar-refractivity contribution is 6.31. The van der Waals surface area contributed by atoms with E-state index in [1.807, 2.05) is 0 Å². The average molecular weight is 349 g/mol. The Hall–Kier alpha value is -2.73. The molecule has 0 saturated heterocycles. The second kappa shape index (κ2) is 7.70. The molecule has 24 heavy (non-hydrogen) atoms. The molecule has 126 valence electrons. The van der Waals surface area contributed by atoms with Gasteiger partial charge < -0.3 is 20.5 Å². The van der Waals surface area contributed by atoms with Crippen molar-refractivity contribution in [2.75, 3.05) is 12.4 Å². The molecule has 1 atom stereocenters. The molecule has 0 spiro atoms. The van der Waals surface area contributed by atoms with Crippen LogP contribution in [0, 0.1) is 0 Å². The van der Waals surface area contributed by atoms with Crippen LogP contribution in [0.15, 0.2) is 42.5 Å². The Balaban J connectivity index is 2.14. The summed E-state index contributed by atoms with van der Waals surface area (Å²) in [5, 5.41) is 3.14. The molecule has 3 N–H and O–H groups in total. The minimum absolute atomic E-state index is 0.206. The minimum atomic E-state index is -0.866. The van der Waals surface area contributed by atoms with Crippen molar-refractivity contribution in [3.63, 3.8) is 0 Å². The molecule has 0 saturated carbocycles. The van der Waals surface area contributed by atoms with Gasteiger partial charge in [-0.25, -0.2) is 0 Å². The predicted octanol–water partition coefficient (Wildman–Crippen LogP) is 2.85. The summed E-state index contributed by atoms with van der Waals surface area (Å²) < 4.78 is 10.7. The lowest BCUT2D eigenvalue weighted by Gasteiger charge is -2.17. The van der Waals surface area contributed by atoms with Crippen LogP contribution >= 0.6 is 11.6 Å². The first-order valence-electron chi connectivity index (χ1n) is 7.12. The number of anilines is 1. The molecule has 6 nitrogen and oxygen atoms in total. The zero-order chi connectivity index (χ0) is 17.7. The molecule has 0 fully saturated rings. The first-order chi connectivity index (χ1) is 11.4. The Kier molecular flexibility index (Phi) is 5.65. The number of nitrogens with two attached hydrogens (primary N) is 1. The van der Waals surface area contributed by atoms with Crippen LogP contribution in [0.3, 0.4) is 0 Å². The number of halogens is 1. The van der Waals surface area contributed by atoms with Gasteiger partial charge in [0.15, 0.2) is 6.10 Å². The number of hydrogen-bond acceptors (Lipinski definition) is 4. The number of ether oxygens (including phenoxy) is 2. The van der Waals surface area contributed by atoms with Crippen molar-refractivity contribution in [2.24, 2.45) is 5.73 Å². The van der Waals surface area contributed by atoms with Crippen LogP contribution in [-0.2, 0) is 4.79 Å². The molecule has 0 heterocycles. The number of carbonyl (C=O) groups is 2. The molecule has 2 aromatic rings. The van der Waals surface area contributed by atoms with E-state index in [-0.39, 0.29) is 11.3 Å². The first-order valence-corrected chi connectivity index (χ1v) is 7.50. The molecule has 0 aliphatic rings. The number of nitrogens with one attached hydrogen (secondary N) is 1. The van der Waals surface area contributed by atoms with E-state index in [1.165, 1.54) is 13.2 Å². The molecular weight excluding hydrogens is 332 g/mol. The Bertz CT molecular complexity index is 764. The molecule has 0 radical (unpaired) electrons. The van der Waals surface area contributed by atoms with Crippen molar-refractivity contribution in [1.82, 2.24) is 0 Å². The molecule has 0 unspecified atom stereocenters. The predicted molar refractivity (Wildman–Crippen MR) is 91.7 cm³/mol. The van der Waals surface area contributed by atoms with Crippen LogP contribution in [0.25, 0.3) is 0 Å². The SMILES string of the molecule is COc1ccc(Cl)cc1NC(=O)[C@H](C)Oc1ccccc1C(N)=O. The highest BCUT2D eigenvalue weighted by Gasteiger charge is 2.19. The molecular formula is C17H17ClN2O4. The summed E-state index contributed by atoms with van der Waals surface area (Å²) in [5.41, 5.74) is 5.92. The number of amides is 2. The van der Waals surface area contributed by atoms with E-state index in [0.717, 1.165) is 0 Å². The van der Waals surface area contributed by atoms with E-state index < -0.39 is 17.9 Å². The quantitative estimate of drug-likeness (QED) is 0.839. The van der Waals surface area contributed by atoms with Crippen molar-refractivity contribution in [3.05, 3.63) is 53.1 Å². The topological polar surface area (TPSA) is 90.7 Å². The molecule has 0 bridgehead atoms. The summed E-state index contributed by atoms with van der Waals surface area (Å²) >= 11 is 5.93. The highest BCUT2D eigenvalue weighted by atomic mass is 35.5. The largest absolute Gasteiger partial charge is 0.495 e. The van der Waals surface area contributed by atoms with Crippen LogP contribution in [-0.4, -0.2) is 25.0 Å². The molecule has 0 aliphatic carbocycles. The highest BCUT2D eigenvalue weighted by Crippen LogP contribution is 2.28. The van der Waals surface area contributed by atoms with Gasteiger partial charge in [0, 0.05) is 5.02 Å². The van der Waals surface area contributed by atoms with Crippen LogP contribution < -0.4 is 20.5 Å². The summed E-state index contributed by atoms with van der Waals surface area (Å²) in [7, 11) is 1.49. The van der Waals surface area contributed by atoms with Crippen molar-refractivity contribution >= 4 is 29.1 Å². The number of rotatable bonds is 6. The molecule has 2 aromatic carbocycles. The third-order valence-corrected chi connectivity index (χ3v) is 3.48. The van der Waals surface area contributed by atoms with E-state index in [1.54, 1.807) is 43.3 Å². The molecule has 2 amide bonds. The van der Waals surface area contributed by atoms with E-state index >= 15 is 0 Å². The van der Waals surface area contributed by atoms with Crippen LogP contribution in [0.2, 0.25) is 5.02 Å². The second-order valence-corrected chi connectivity index (χ2v) is 5.39. The minimum Gasteiger partial charge on any atom is -0.495 e. The van der Waals surface area contributed by atoms with Gasteiger partial charge in [0.1, 0.15) is 11.5 Å². The lowest BCUT2D eigenvalue weighted by molar-refractivity contribution is -0.122. The maximum Gasteiger partial charge on any atom is 0.265 e. The lowest BCUT2D eigenvalue weighted by atomic mass is 10.2. The fourth-order valence-corrected chi connectivity index (χ4v) is 2.20. The first kappa shape index (κ1) is 17.6. The maximum absolute atomic E-state index is 12.3. The lowest BCUT2D eigenvalue weighted by Crippen LogP contribution is -2.31. The van der Waals surface area contributed by atoms with Crippen molar-refractivity contribution in [1.29, 1.82) is 0 Å². The smallest absolute Gasteiger partial charge is 0.265 e. The summed E-state index contributed by atoms with van der Waals surface area (Å²) in [6.45, 7) is 1.56. The fourth-order valence-electron chi connectivity index (χ4n) is 2.03. The van der Waals surface area contributed by atoms with Gasteiger partial charge in [-0.3, -0.25) is 9.59 Å². The van der Waals surface area contributed by atoms with Gasteiger partial charge in [0.05, 0.1) is 18.4 Å². The molecule has 0 aromatic heterocycles. The average Bonchev–Trinajstić information content (AvgIpc) is 2.55. The standard InChI is InChI=1S/C17H17ClN2O4/c1-10(24-14-6-4-3-5-12(14)16(19)21)17(22)20-13-9-11(18)7-8-15(13)23-2/h3-10H,1-2H3,(H2,19,21)(H,20,22)/t10-/m0/s1. The molecule has 7 heteroatoms. The van der Waals surface area contributed by atoms with E-state index in [0.29, 0.717) is 16.5 Å². The van der Waals surface area contributed by atoms with E-state index in [4.69, 9.17) is 26.8 Å². The number of methoxy groups -OCH3 is 1. The summed E-state index contributed by atoms with van der Waals surface area (Å²) in [4.78, 5) is 23.7. The van der Waals surface area contributed by atoms with E-state index in [9.17, 15) is 9.59 Å². The zero-order valence-electron chi connectivity index (χ0n) is 13.2. The monoisotopic (exact) mass is 348 g/mol. The second-order valence-electron chi connectivity index (χ2n) is 4.95. The third kappa shape index (κ3) is 4.17. The van der Waals surface area contributed by atoms with Gasteiger partial charge in [-0.2, -0.15) is 0 Å². The Morgan fingerprint density at radius 3 is 2.54 bits per heavy atom. The Labute approximate surface area is 144 Å². The number of primary amides is 1. The van der Waals surface area contributed by atoms with Crippen molar-refractivity contribution in [3.8, 4) is 11.5 Å². The maximum atomic E-state index is 12.3. The van der Waals surface area contributed by atoms with Gasteiger partial charge >= 0.3 is 0 Å². The zero-order valence-corrected chi connectivity index (χ0v) is 14.0. The summed E-state index contributed by atoms with van der Waals surface area (Å²) in [6.07, 6.45) is -0.866. The van der Waals surface area contributed by atoms with Gasteiger partial charge in [-0.15, -0.1) is 0 Å². The van der Waals surface area contributed by atoms with Crippen LogP contribution in [0.5, 0.6) is 11.5 Å². The van der Waals surface area contributed by atoms with Gasteiger partial charge in [0.2, 0.25) is 0 Å².